The van der Waals surface area contributed by atoms with Gasteiger partial charge in [0.1, 0.15) is 11.6 Å². The molecule has 152 valence electrons. The minimum Gasteiger partial charge on any atom is -0.496 e. The number of hydrogen-bond acceptors (Lipinski definition) is 5. The standard InChI is InChI=1S/C24H18N4O3/c1-31-21-7-3-2-6-16(21)15-27-12-9-19-17(23(27)29)14-18-20(26-19)10-13-28(24(18)30)22-8-4-5-11-25-22/h2-14H,15H2,1H3. The molecule has 0 saturated carbocycles. The molecule has 0 N–H and O–H groups in total. The molecule has 0 bridgehead atoms. The molecule has 0 spiro atoms. The normalized spacial score (nSPS) is 11.1. The fraction of sp³-hybridized carbons (Fsp3) is 0.0833. The van der Waals surface area contributed by atoms with Crippen LogP contribution in [-0.4, -0.2) is 26.2 Å². The van der Waals surface area contributed by atoms with Gasteiger partial charge in [-0.2, -0.15) is 0 Å². The summed E-state index contributed by atoms with van der Waals surface area (Å²) in [5.74, 6) is 1.22. The molecule has 0 amide bonds. The maximum absolute atomic E-state index is 13.2. The molecule has 0 aliphatic rings. The fourth-order valence-electron chi connectivity index (χ4n) is 3.68. The van der Waals surface area contributed by atoms with E-state index < -0.39 is 0 Å². The van der Waals surface area contributed by atoms with Crippen LogP contribution in [0.25, 0.3) is 27.6 Å². The topological polar surface area (TPSA) is 79.0 Å². The van der Waals surface area contributed by atoms with Gasteiger partial charge in [-0.05, 0) is 36.4 Å². The van der Waals surface area contributed by atoms with Crippen molar-refractivity contribution in [3.05, 3.63) is 106 Å². The smallest absolute Gasteiger partial charge is 0.265 e. The second-order valence-corrected chi connectivity index (χ2v) is 7.09. The van der Waals surface area contributed by atoms with Crippen molar-refractivity contribution < 1.29 is 4.74 Å². The number of aromatic nitrogens is 4. The fourth-order valence-corrected chi connectivity index (χ4v) is 3.68. The van der Waals surface area contributed by atoms with Gasteiger partial charge in [-0.1, -0.05) is 24.3 Å². The van der Waals surface area contributed by atoms with Gasteiger partial charge in [-0.3, -0.25) is 14.2 Å². The molecule has 4 aromatic heterocycles. The zero-order valence-electron chi connectivity index (χ0n) is 16.7. The van der Waals surface area contributed by atoms with Crippen molar-refractivity contribution in [1.82, 2.24) is 19.1 Å². The number of para-hydroxylation sites is 1. The Labute approximate surface area is 176 Å². The maximum atomic E-state index is 13.2. The van der Waals surface area contributed by atoms with Gasteiger partial charge in [0.25, 0.3) is 11.1 Å². The largest absolute Gasteiger partial charge is 0.496 e. The number of fused-ring (bicyclic) bond motifs is 2. The Balaban J connectivity index is 1.68. The predicted octanol–water partition coefficient (Wildman–Crippen LogP) is 3.15. The summed E-state index contributed by atoms with van der Waals surface area (Å²) in [6.07, 6.45) is 4.99. The summed E-state index contributed by atoms with van der Waals surface area (Å²) >= 11 is 0. The third-order valence-corrected chi connectivity index (χ3v) is 5.25. The maximum Gasteiger partial charge on any atom is 0.265 e. The quantitative estimate of drug-likeness (QED) is 0.425. The summed E-state index contributed by atoms with van der Waals surface area (Å²) in [4.78, 5) is 35.1. The highest BCUT2D eigenvalue weighted by Crippen LogP contribution is 2.19. The van der Waals surface area contributed by atoms with Crippen LogP contribution in [0.1, 0.15) is 5.56 Å². The van der Waals surface area contributed by atoms with Crippen LogP contribution in [0.3, 0.4) is 0 Å². The van der Waals surface area contributed by atoms with Gasteiger partial charge in [-0.25, -0.2) is 9.97 Å². The minimum atomic E-state index is -0.273. The molecule has 7 heteroatoms. The first-order valence-electron chi connectivity index (χ1n) is 9.74. The Kier molecular flexibility index (Phi) is 4.55. The third-order valence-electron chi connectivity index (χ3n) is 5.25. The molecule has 31 heavy (non-hydrogen) atoms. The number of benzene rings is 1. The lowest BCUT2D eigenvalue weighted by molar-refractivity contribution is 0.408. The van der Waals surface area contributed by atoms with E-state index in [4.69, 9.17) is 4.74 Å². The summed E-state index contributed by atoms with van der Waals surface area (Å²) in [5.41, 5.74) is 1.48. The second kappa shape index (κ2) is 7.53. The van der Waals surface area contributed by atoms with Crippen molar-refractivity contribution in [3.8, 4) is 11.6 Å². The number of pyridine rings is 4. The minimum absolute atomic E-state index is 0.217. The summed E-state index contributed by atoms with van der Waals surface area (Å²) in [6, 6.07) is 18.1. The molecule has 0 saturated heterocycles. The Morgan fingerprint density at radius 3 is 2.39 bits per heavy atom. The van der Waals surface area contributed by atoms with Crippen LogP contribution in [0, 0.1) is 0 Å². The Hall–Kier alpha value is -4.26. The van der Waals surface area contributed by atoms with Crippen LogP contribution in [0.5, 0.6) is 5.75 Å². The number of nitrogens with zero attached hydrogens (tertiary/aromatic N) is 4. The van der Waals surface area contributed by atoms with Crippen molar-refractivity contribution >= 4 is 21.8 Å². The first kappa shape index (κ1) is 18.7. The first-order chi connectivity index (χ1) is 15.2. The monoisotopic (exact) mass is 410 g/mol. The Morgan fingerprint density at radius 2 is 1.61 bits per heavy atom. The molecule has 0 atom stereocenters. The lowest BCUT2D eigenvalue weighted by atomic mass is 10.1. The molecular weight excluding hydrogens is 392 g/mol. The average molecular weight is 410 g/mol. The van der Waals surface area contributed by atoms with E-state index in [0.29, 0.717) is 39.9 Å². The van der Waals surface area contributed by atoms with Gasteiger partial charge >= 0.3 is 0 Å². The van der Waals surface area contributed by atoms with Crippen molar-refractivity contribution in [2.45, 2.75) is 6.54 Å². The van der Waals surface area contributed by atoms with Crippen LogP contribution < -0.4 is 15.9 Å². The van der Waals surface area contributed by atoms with Gasteiger partial charge in [-0.15, -0.1) is 0 Å². The van der Waals surface area contributed by atoms with Crippen molar-refractivity contribution in [3.63, 3.8) is 0 Å². The lowest BCUT2D eigenvalue weighted by Crippen LogP contribution is -2.22. The van der Waals surface area contributed by atoms with Gasteiger partial charge in [0, 0.05) is 24.2 Å². The van der Waals surface area contributed by atoms with Crippen molar-refractivity contribution in [2.75, 3.05) is 7.11 Å². The van der Waals surface area contributed by atoms with E-state index in [-0.39, 0.29) is 11.1 Å². The highest BCUT2D eigenvalue weighted by Gasteiger charge is 2.12. The molecule has 0 unspecified atom stereocenters. The van der Waals surface area contributed by atoms with Gasteiger partial charge in [0.2, 0.25) is 0 Å². The van der Waals surface area contributed by atoms with Crippen LogP contribution >= 0.6 is 0 Å². The van der Waals surface area contributed by atoms with E-state index in [1.807, 2.05) is 30.3 Å². The van der Waals surface area contributed by atoms with Gasteiger partial charge < -0.3 is 9.30 Å². The predicted molar refractivity (Wildman–Crippen MR) is 119 cm³/mol. The summed E-state index contributed by atoms with van der Waals surface area (Å²) in [6.45, 7) is 0.351. The SMILES string of the molecule is COc1ccccc1Cn1ccc2nc3ccn(-c4ccccn4)c(=O)c3cc2c1=O. The molecule has 1 aromatic carbocycles. The number of methoxy groups -OCH3 is 1. The van der Waals surface area contributed by atoms with Gasteiger partial charge in [0.05, 0.1) is 35.5 Å². The number of ether oxygens (including phenoxy) is 1. The molecule has 0 aliphatic carbocycles. The van der Waals surface area contributed by atoms with E-state index in [1.54, 1.807) is 60.6 Å². The Bertz CT molecular complexity index is 1540. The van der Waals surface area contributed by atoms with Crippen LogP contribution in [0.2, 0.25) is 0 Å². The van der Waals surface area contributed by atoms with Gasteiger partial charge in [0.15, 0.2) is 0 Å². The van der Waals surface area contributed by atoms with Crippen LogP contribution in [0.15, 0.2) is 88.8 Å². The van der Waals surface area contributed by atoms with Crippen LogP contribution in [0.4, 0.5) is 0 Å². The lowest BCUT2D eigenvalue weighted by Gasteiger charge is -2.11. The molecule has 7 nitrogen and oxygen atoms in total. The van der Waals surface area contributed by atoms with E-state index in [0.717, 1.165) is 5.56 Å². The average Bonchev–Trinajstić information content (AvgIpc) is 2.81. The summed E-state index contributed by atoms with van der Waals surface area (Å²) in [5, 5.41) is 0.758. The highest BCUT2D eigenvalue weighted by molar-refractivity contribution is 5.91. The second-order valence-electron chi connectivity index (χ2n) is 7.09. The summed E-state index contributed by atoms with van der Waals surface area (Å²) in [7, 11) is 1.60. The zero-order chi connectivity index (χ0) is 21.4. The summed E-state index contributed by atoms with van der Waals surface area (Å²) < 4.78 is 8.44. The van der Waals surface area contributed by atoms with E-state index in [2.05, 4.69) is 9.97 Å². The van der Waals surface area contributed by atoms with Crippen LogP contribution in [-0.2, 0) is 6.54 Å². The third kappa shape index (κ3) is 3.26. The molecular formula is C24H18N4O3. The molecule has 4 heterocycles. The Morgan fingerprint density at radius 1 is 0.871 bits per heavy atom. The van der Waals surface area contributed by atoms with E-state index in [1.165, 1.54) is 4.57 Å². The van der Waals surface area contributed by atoms with Crippen molar-refractivity contribution in [2.24, 2.45) is 0 Å². The molecule has 5 aromatic rings. The molecule has 0 fully saturated rings. The van der Waals surface area contributed by atoms with E-state index >= 15 is 0 Å². The molecule has 5 rings (SSSR count). The zero-order valence-corrected chi connectivity index (χ0v) is 16.7. The number of rotatable bonds is 4. The highest BCUT2D eigenvalue weighted by atomic mass is 16.5. The van der Waals surface area contributed by atoms with Crippen molar-refractivity contribution in [1.29, 1.82) is 0 Å². The van der Waals surface area contributed by atoms with E-state index in [9.17, 15) is 9.59 Å². The first-order valence-corrected chi connectivity index (χ1v) is 9.74. The molecule has 0 aliphatic heterocycles. The molecule has 0 radical (unpaired) electrons. The number of hydrogen-bond donors (Lipinski definition) is 0.